The maximum absolute atomic E-state index is 4.60. The van der Waals surface area contributed by atoms with E-state index >= 15 is 0 Å². The second-order valence-corrected chi connectivity index (χ2v) is 6.89. The van der Waals surface area contributed by atoms with E-state index in [-0.39, 0.29) is 0 Å². The van der Waals surface area contributed by atoms with Crippen molar-refractivity contribution in [1.82, 2.24) is 19.9 Å². The molecule has 0 saturated carbocycles. The third-order valence-electron chi connectivity index (χ3n) is 5.08. The third kappa shape index (κ3) is 4.07. The van der Waals surface area contributed by atoms with E-state index in [9.17, 15) is 0 Å². The van der Waals surface area contributed by atoms with Crippen molar-refractivity contribution in [3.63, 3.8) is 0 Å². The number of piperidine rings is 1. The van der Waals surface area contributed by atoms with Gasteiger partial charge in [0.05, 0.1) is 0 Å². The lowest BCUT2D eigenvalue weighted by Crippen LogP contribution is -2.46. The molecule has 0 unspecified atom stereocenters. The van der Waals surface area contributed by atoms with Gasteiger partial charge >= 0.3 is 0 Å². The first-order chi connectivity index (χ1) is 12.4. The third-order valence-corrected chi connectivity index (χ3v) is 5.08. The van der Waals surface area contributed by atoms with Gasteiger partial charge in [-0.05, 0) is 31.4 Å². The van der Waals surface area contributed by atoms with E-state index in [1.165, 1.54) is 24.8 Å². The molecule has 2 saturated heterocycles. The summed E-state index contributed by atoms with van der Waals surface area (Å²) >= 11 is 0. The molecular formula is C19H26N6. The highest BCUT2D eigenvalue weighted by Crippen LogP contribution is 2.17. The van der Waals surface area contributed by atoms with Gasteiger partial charge in [-0.25, -0.2) is 15.0 Å². The van der Waals surface area contributed by atoms with Gasteiger partial charge in [0.15, 0.2) is 0 Å². The summed E-state index contributed by atoms with van der Waals surface area (Å²) in [7, 11) is 0. The maximum Gasteiger partial charge on any atom is 0.225 e. The molecule has 4 rings (SSSR count). The van der Waals surface area contributed by atoms with Crippen LogP contribution in [0.5, 0.6) is 0 Å². The van der Waals surface area contributed by atoms with Gasteiger partial charge in [0.1, 0.15) is 5.82 Å². The highest BCUT2D eigenvalue weighted by Gasteiger charge is 2.18. The van der Waals surface area contributed by atoms with Crippen molar-refractivity contribution in [1.29, 1.82) is 0 Å². The number of hydrogen-bond acceptors (Lipinski definition) is 6. The van der Waals surface area contributed by atoms with Crippen LogP contribution in [0.15, 0.2) is 36.8 Å². The fraction of sp³-hybridized carbons (Fsp3) is 0.526. The molecule has 2 aliphatic heterocycles. The van der Waals surface area contributed by atoms with Crippen LogP contribution in [-0.2, 0) is 6.54 Å². The van der Waals surface area contributed by atoms with Crippen molar-refractivity contribution in [3.8, 4) is 0 Å². The first-order valence-corrected chi connectivity index (χ1v) is 9.33. The lowest BCUT2D eigenvalue weighted by Gasteiger charge is -2.35. The smallest absolute Gasteiger partial charge is 0.225 e. The largest absolute Gasteiger partial charge is 0.354 e. The van der Waals surface area contributed by atoms with Crippen molar-refractivity contribution in [2.45, 2.75) is 25.8 Å². The summed E-state index contributed by atoms with van der Waals surface area (Å²) in [5, 5.41) is 0. The molecule has 0 aliphatic carbocycles. The summed E-state index contributed by atoms with van der Waals surface area (Å²) in [5.41, 5.74) is 1.20. The van der Waals surface area contributed by atoms with Crippen molar-refractivity contribution in [3.05, 3.63) is 42.4 Å². The van der Waals surface area contributed by atoms with Crippen molar-refractivity contribution in [2.75, 3.05) is 49.1 Å². The van der Waals surface area contributed by atoms with Crippen LogP contribution in [0, 0.1) is 0 Å². The van der Waals surface area contributed by atoms with E-state index in [1.54, 1.807) is 0 Å². The van der Waals surface area contributed by atoms with Gasteiger partial charge in [-0.15, -0.1) is 0 Å². The molecule has 0 atom stereocenters. The van der Waals surface area contributed by atoms with Gasteiger partial charge in [-0.1, -0.05) is 6.07 Å². The Kier molecular flexibility index (Phi) is 5.06. The van der Waals surface area contributed by atoms with Crippen LogP contribution in [0.2, 0.25) is 0 Å². The summed E-state index contributed by atoms with van der Waals surface area (Å²) in [6.07, 6.45) is 9.71. The SMILES string of the molecule is c1ccc(N2CCN(Cc3cnc(N4CCCCC4)nc3)CC2)nc1. The van der Waals surface area contributed by atoms with Gasteiger partial charge in [0.25, 0.3) is 0 Å². The van der Waals surface area contributed by atoms with Gasteiger partial charge in [0.2, 0.25) is 5.95 Å². The van der Waals surface area contributed by atoms with Crippen LogP contribution in [0.3, 0.4) is 0 Å². The second kappa shape index (κ2) is 7.78. The van der Waals surface area contributed by atoms with Gasteiger partial charge < -0.3 is 9.80 Å². The Morgan fingerprint density at radius 1 is 0.760 bits per heavy atom. The van der Waals surface area contributed by atoms with E-state index < -0.39 is 0 Å². The average molecular weight is 338 g/mol. The molecule has 0 spiro atoms. The lowest BCUT2D eigenvalue weighted by molar-refractivity contribution is 0.249. The molecule has 6 heteroatoms. The Balaban J connectivity index is 1.29. The van der Waals surface area contributed by atoms with E-state index in [4.69, 9.17) is 0 Å². The van der Waals surface area contributed by atoms with Gasteiger partial charge in [-0.3, -0.25) is 4.90 Å². The molecule has 2 aromatic rings. The lowest BCUT2D eigenvalue weighted by atomic mass is 10.1. The summed E-state index contributed by atoms with van der Waals surface area (Å²) < 4.78 is 0. The number of anilines is 2. The summed E-state index contributed by atoms with van der Waals surface area (Å²) in [6.45, 7) is 7.24. The van der Waals surface area contributed by atoms with Crippen LogP contribution in [0.25, 0.3) is 0 Å². The molecular weight excluding hydrogens is 312 g/mol. The average Bonchev–Trinajstić information content (AvgIpc) is 2.71. The number of aromatic nitrogens is 3. The molecule has 25 heavy (non-hydrogen) atoms. The van der Waals surface area contributed by atoms with Crippen LogP contribution >= 0.6 is 0 Å². The van der Waals surface area contributed by atoms with Crippen LogP contribution < -0.4 is 9.80 Å². The van der Waals surface area contributed by atoms with Gasteiger partial charge in [-0.2, -0.15) is 0 Å². The van der Waals surface area contributed by atoms with Crippen molar-refractivity contribution >= 4 is 11.8 Å². The molecule has 132 valence electrons. The predicted octanol–water partition coefficient (Wildman–Crippen LogP) is 2.18. The monoisotopic (exact) mass is 338 g/mol. The maximum atomic E-state index is 4.60. The predicted molar refractivity (Wildman–Crippen MR) is 99.8 cm³/mol. The Morgan fingerprint density at radius 3 is 2.20 bits per heavy atom. The molecule has 4 heterocycles. The number of piperazine rings is 1. The molecule has 2 fully saturated rings. The number of pyridine rings is 1. The quantitative estimate of drug-likeness (QED) is 0.852. The second-order valence-electron chi connectivity index (χ2n) is 6.89. The van der Waals surface area contributed by atoms with E-state index in [0.717, 1.165) is 57.6 Å². The van der Waals surface area contributed by atoms with Crippen LogP contribution in [0.1, 0.15) is 24.8 Å². The summed E-state index contributed by atoms with van der Waals surface area (Å²) in [4.78, 5) is 20.8. The molecule has 2 aliphatic rings. The van der Waals surface area contributed by atoms with Gasteiger partial charge in [0, 0.05) is 70.0 Å². The van der Waals surface area contributed by atoms with E-state index in [1.807, 2.05) is 24.7 Å². The fourth-order valence-electron chi connectivity index (χ4n) is 3.62. The normalized spacial score (nSPS) is 19.2. The Bertz CT molecular complexity index is 645. The van der Waals surface area contributed by atoms with Crippen LogP contribution in [0.4, 0.5) is 11.8 Å². The zero-order valence-electron chi connectivity index (χ0n) is 14.7. The molecule has 0 radical (unpaired) electrons. The minimum absolute atomic E-state index is 0.892. The minimum Gasteiger partial charge on any atom is -0.354 e. The van der Waals surface area contributed by atoms with E-state index in [2.05, 4.69) is 41.8 Å². The zero-order valence-corrected chi connectivity index (χ0v) is 14.7. The molecule has 2 aromatic heterocycles. The molecule has 0 amide bonds. The Morgan fingerprint density at radius 2 is 1.52 bits per heavy atom. The topological polar surface area (TPSA) is 48.4 Å². The first-order valence-electron chi connectivity index (χ1n) is 9.33. The number of hydrogen-bond donors (Lipinski definition) is 0. The number of nitrogens with zero attached hydrogens (tertiary/aromatic N) is 6. The standard InChI is InChI=1S/C19H26N6/c1-4-8-25(9-5-1)19-21-14-17(15-22-19)16-23-10-12-24(13-11-23)18-6-2-3-7-20-18/h2-3,6-7,14-15H,1,4-5,8-13,16H2. The molecule has 0 N–H and O–H groups in total. The highest BCUT2D eigenvalue weighted by atomic mass is 15.3. The molecule has 0 bridgehead atoms. The first kappa shape index (κ1) is 16.3. The zero-order chi connectivity index (χ0) is 16.9. The van der Waals surface area contributed by atoms with Crippen molar-refractivity contribution in [2.24, 2.45) is 0 Å². The minimum atomic E-state index is 0.892. The number of rotatable bonds is 4. The van der Waals surface area contributed by atoms with Crippen LogP contribution in [-0.4, -0.2) is 59.1 Å². The van der Waals surface area contributed by atoms with E-state index in [0.29, 0.717) is 0 Å². The summed E-state index contributed by atoms with van der Waals surface area (Å²) in [6, 6.07) is 6.10. The van der Waals surface area contributed by atoms with Crippen molar-refractivity contribution < 1.29 is 0 Å². The summed E-state index contributed by atoms with van der Waals surface area (Å²) in [5.74, 6) is 1.97. The highest BCUT2D eigenvalue weighted by molar-refractivity contribution is 5.38. The Labute approximate surface area is 149 Å². The molecule has 0 aromatic carbocycles. The molecule has 6 nitrogen and oxygen atoms in total. The Hall–Kier alpha value is -2.21. The fourth-order valence-corrected chi connectivity index (χ4v) is 3.62.